The zero-order valence-corrected chi connectivity index (χ0v) is 16.6. The smallest absolute Gasteiger partial charge is 0.0975 e. The SMILES string of the molecule is CCCCCC(CC)OC=C(C)CCC1=C(C)CCCC1(C)C. The molecule has 0 aromatic rings. The number of hydrogen-bond donors (Lipinski definition) is 0. The molecule has 1 aliphatic rings. The van der Waals surface area contributed by atoms with E-state index in [0.29, 0.717) is 11.5 Å². The predicted molar refractivity (Wildman–Crippen MR) is 103 cm³/mol. The lowest BCUT2D eigenvalue weighted by Gasteiger charge is -2.34. The van der Waals surface area contributed by atoms with E-state index in [4.69, 9.17) is 4.74 Å². The van der Waals surface area contributed by atoms with Crippen LogP contribution in [-0.4, -0.2) is 6.10 Å². The number of allylic oxidation sites excluding steroid dienone is 3. The Balaban J connectivity index is 2.47. The Morgan fingerprint density at radius 3 is 2.61 bits per heavy atom. The first-order valence-electron chi connectivity index (χ1n) is 9.91. The first-order valence-corrected chi connectivity index (χ1v) is 9.91. The van der Waals surface area contributed by atoms with E-state index in [-0.39, 0.29) is 0 Å². The van der Waals surface area contributed by atoms with Gasteiger partial charge in [0.2, 0.25) is 0 Å². The summed E-state index contributed by atoms with van der Waals surface area (Å²) in [5.41, 5.74) is 5.13. The van der Waals surface area contributed by atoms with Crippen LogP contribution < -0.4 is 0 Å². The van der Waals surface area contributed by atoms with Crippen LogP contribution in [0.5, 0.6) is 0 Å². The second kappa shape index (κ2) is 10.2. The molecule has 134 valence electrons. The molecule has 0 amide bonds. The van der Waals surface area contributed by atoms with Crippen molar-refractivity contribution in [1.82, 2.24) is 0 Å². The molecule has 0 saturated heterocycles. The van der Waals surface area contributed by atoms with Gasteiger partial charge in [-0.3, -0.25) is 0 Å². The molecule has 1 heteroatoms. The van der Waals surface area contributed by atoms with Gasteiger partial charge in [0.15, 0.2) is 0 Å². The molecule has 0 heterocycles. The first-order chi connectivity index (χ1) is 10.9. The third-order valence-electron chi connectivity index (χ3n) is 5.50. The van der Waals surface area contributed by atoms with Crippen LogP contribution in [0.15, 0.2) is 23.0 Å². The Bertz CT molecular complexity index is 400. The number of hydrogen-bond acceptors (Lipinski definition) is 1. The van der Waals surface area contributed by atoms with Crippen molar-refractivity contribution in [2.45, 2.75) is 112 Å². The van der Waals surface area contributed by atoms with Crippen molar-refractivity contribution in [3.8, 4) is 0 Å². The molecule has 1 rings (SSSR count). The number of ether oxygens (including phenoxy) is 1. The molecule has 23 heavy (non-hydrogen) atoms. The van der Waals surface area contributed by atoms with Gasteiger partial charge in [-0.1, -0.05) is 51.7 Å². The van der Waals surface area contributed by atoms with Crippen LogP contribution in [0.25, 0.3) is 0 Å². The second-order valence-corrected chi connectivity index (χ2v) is 8.12. The average Bonchev–Trinajstić information content (AvgIpc) is 2.49. The molecule has 0 spiro atoms. The zero-order chi connectivity index (χ0) is 17.3. The van der Waals surface area contributed by atoms with Crippen molar-refractivity contribution >= 4 is 0 Å². The Kier molecular flexibility index (Phi) is 9.02. The van der Waals surface area contributed by atoms with E-state index < -0.39 is 0 Å². The second-order valence-electron chi connectivity index (χ2n) is 8.12. The average molecular weight is 321 g/mol. The van der Waals surface area contributed by atoms with Gasteiger partial charge in [-0.15, -0.1) is 0 Å². The van der Waals surface area contributed by atoms with Crippen LogP contribution in [0.1, 0.15) is 106 Å². The van der Waals surface area contributed by atoms with Crippen molar-refractivity contribution in [1.29, 1.82) is 0 Å². The Hall–Kier alpha value is -0.720. The summed E-state index contributed by atoms with van der Waals surface area (Å²) in [6.45, 7) is 13.9. The van der Waals surface area contributed by atoms with E-state index in [0.717, 1.165) is 12.8 Å². The summed E-state index contributed by atoms with van der Waals surface area (Å²) < 4.78 is 6.04. The molecular formula is C22H40O. The van der Waals surface area contributed by atoms with Crippen molar-refractivity contribution in [2.75, 3.05) is 0 Å². The quantitative estimate of drug-likeness (QED) is 0.229. The third kappa shape index (κ3) is 7.14. The molecule has 1 atom stereocenters. The Morgan fingerprint density at radius 1 is 1.26 bits per heavy atom. The molecule has 0 radical (unpaired) electrons. The van der Waals surface area contributed by atoms with E-state index in [1.807, 2.05) is 6.26 Å². The van der Waals surface area contributed by atoms with E-state index in [9.17, 15) is 0 Å². The van der Waals surface area contributed by atoms with Gasteiger partial charge in [0.05, 0.1) is 12.4 Å². The Labute approximate surface area is 145 Å². The van der Waals surface area contributed by atoms with Crippen LogP contribution in [0.2, 0.25) is 0 Å². The van der Waals surface area contributed by atoms with Crippen molar-refractivity contribution in [3.05, 3.63) is 23.0 Å². The molecule has 0 aromatic carbocycles. The maximum Gasteiger partial charge on any atom is 0.0975 e. The molecule has 0 fully saturated rings. The highest BCUT2D eigenvalue weighted by Gasteiger charge is 2.27. The van der Waals surface area contributed by atoms with Gasteiger partial charge in [0.1, 0.15) is 0 Å². The van der Waals surface area contributed by atoms with Gasteiger partial charge >= 0.3 is 0 Å². The number of rotatable bonds is 10. The molecule has 1 nitrogen and oxygen atoms in total. The fraction of sp³-hybridized carbons (Fsp3) is 0.818. The van der Waals surface area contributed by atoms with Crippen molar-refractivity contribution in [3.63, 3.8) is 0 Å². The predicted octanol–water partition coefficient (Wildman–Crippen LogP) is 7.57. The standard InChI is InChI=1S/C22H40O/c1-7-9-10-13-20(8-2)23-17-18(3)14-15-21-19(4)12-11-16-22(21,5)6/h17,20H,7-16H2,1-6H3. The van der Waals surface area contributed by atoms with Crippen LogP contribution in [0.3, 0.4) is 0 Å². The van der Waals surface area contributed by atoms with Crippen LogP contribution in [-0.2, 0) is 4.74 Å². The monoisotopic (exact) mass is 320 g/mol. The molecule has 0 aliphatic heterocycles. The maximum absolute atomic E-state index is 6.04. The molecule has 1 unspecified atom stereocenters. The van der Waals surface area contributed by atoms with Crippen molar-refractivity contribution in [2.24, 2.45) is 5.41 Å². The third-order valence-corrected chi connectivity index (χ3v) is 5.50. The zero-order valence-electron chi connectivity index (χ0n) is 16.6. The van der Waals surface area contributed by atoms with Gasteiger partial charge in [-0.2, -0.15) is 0 Å². The van der Waals surface area contributed by atoms with Gasteiger partial charge in [-0.25, -0.2) is 0 Å². The lowest BCUT2D eigenvalue weighted by Crippen LogP contribution is -2.20. The summed E-state index contributed by atoms with van der Waals surface area (Å²) in [5, 5.41) is 0. The van der Waals surface area contributed by atoms with Gasteiger partial charge < -0.3 is 4.74 Å². The highest BCUT2D eigenvalue weighted by atomic mass is 16.5. The molecule has 1 aliphatic carbocycles. The fourth-order valence-corrected chi connectivity index (χ4v) is 3.81. The van der Waals surface area contributed by atoms with Crippen LogP contribution in [0.4, 0.5) is 0 Å². The minimum Gasteiger partial charge on any atom is -0.498 e. The maximum atomic E-state index is 6.04. The van der Waals surface area contributed by atoms with Gasteiger partial charge in [0.25, 0.3) is 0 Å². The summed E-state index contributed by atoms with van der Waals surface area (Å²) in [4.78, 5) is 0. The summed E-state index contributed by atoms with van der Waals surface area (Å²) in [6, 6.07) is 0. The highest BCUT2D eigenvalue weighted by molar-refractivity contribution is 5.23. The normalized spacial score (nSPS) is 19.8. The van der Waals surface area contributed by atoms with E-state index in [1.165, 1.54) is 56.9 Å². The van der Waals surface area contributed by atoms with E-state index in [2.05, 4.69) is 41.5 Å². The molecule has 0 aromatic heterocycles. The lowest BCUT2D eigenvalue weighted by atomic mass is 9.71. The lowest BCUT2D eigenvalue weighted by molar-refractivity contribution is 0.126. The minimum absolute atomic E-state index is 0.398. The largest absolute Gasteiger partial charge is 0.498 e. The number of unbranched alkanes of at least 4 members (excludes halogenated alkanes) is 2. The van der Waals surface area contributed by atoms with E-state index in [1.54, 1.807) is 11.1 Å². The van der Waals surface area contributed by atoms with Gasteiger partial charge in [0, 0.05) is 0 Å². The summed E-state index contributed by atoms with van der Waals surface area (Å²) in [5.74, 6) is 0. The Morgan fingerprint density at radius 2 is 2.00 bits per heavy atom. The van der Waals surface area contributed by atoms with E-state index >= 15 is 0 Å². The summed E-state index contributed by atoms with van der Waals surface area (Å²) >= 11 is 0. The highest BCUT2D eigenvalue weighted by Crippen LogP contribution is 2.42. The van der Waals surface area contributed by atoms with Gasteiger partial charge in [-0.05, 0) is 76.2 Å². The van der Waals surface area contributed by atoms with Crippen LogP contribution >= 0.6 is 0 Å². The first kappa shape index (κ1) is 20.3. The molecule has 0 bridgehead atoms. The molecular weight excluding hydrogens is 280 g/mol. The summed E-state index contributed by atoms with van der Waals surface area (Å²) in [7, 11) is 0. The fourth-order valence-electron chi connectivity index (χ4n) is 3.81. The van der Waals surface area contributed by atoms with Crippen molar-refractivity contribution < 1.29 is 4.74 Å². The van der Waals surface area contributed by atoms with Crippen LogP contribution in [0, 0.1) is 5.41 Å². The molecule has 0 saturated carbocycles. The minimum atomic E-state index is 0.398. The topological polar surface area (TPSA) is 9.23 Å². The molecule has 0 N–H and O–H groups in total. The summed E-state index contributed by atoms with van der Waals surface area (Å²) in [6.07, 6.45) is 15.0.